The number of nitrogens with one attached hydrogen (secondary N) is 2. The molecule has 0 unspecified atom stereocenters. The number of benzene rings is 2. The van der Waals surface area contributed by atoms with Gasteiger partial charge in [-0.05, 0) is 43.3 Å². The molecule has 2 aromatic carbocycles. The predicted octanol–water partition coefficient (Wildman–Crippen LogP) is 1.22. The Kier molecular flexibility index (Phi) is 5.04. The molecule has 0 spiro atoms. The van der Waals surface area contributed by atoms with E-state index in [-0.39, 0.29) is 34.5 Å². The molecule has 1 aliphatic heterocycles. The van der Waals surface area contributed by atoms with Crippen LogP contribution in [0.5, 0.6) is 0 Å². The highest BCUT2D eigenvalue weighted by atomic mass is 16.4. The van der Waals surface area contributed by atoms with E-state index in [2.05, 4.69) is 10.3 Å². The number of hydrogen-bond acceptors (Lipinski definition) is 5. The summed E-state index contributed by atoms with van der Waals surface area (Å²) in [5.41, 5.74) is 1.86. The van der Waals surface area contributed by atoms with Crippen LogP contribution in [0.2, 0.25) is 0 Å². The number of aromatic nitrogens is 1. The fourth-order valence-electron chi connectivity index (χ4n) is 3.42. The average Bonchev–Trinajstić information content (AvgIpc) is 3.00. The van der Waals surface area contributed by atoms with Crippen molar-refractivity contribution in [1.29, 1.82) is 0 Å². The van der Waals surface area contributed by atoms with Crippen molar-refractivity contribution in [2.45, 2.75) is 13.5 Å². The van der Waals surface area contributed by atoms with Gasteiger partial charge in [0.05, 0.1) is 29.3 Å². The van der Waals surface area contributed by atoms with E-state index in [0.29, 0.717) is 5.56 Å². The first-order valence-electron chi connectivity index (χ1n) is 9.44. The largest absolute Gasteiger partial charge is 0.545 e. The number of amides is 3. The monoisotopic (exact) mass is 415 g/mol. The van der Waals surface area contributed by atoms with E-state index in [4.69, 9.17) is 0 Å². The van der Waals surface area contributed by atoms with Crippen LogP contribution in [0.4, 0.5) is 5.69 Å². The van der Waals surface area contributed by atoms with Crippen LogP contribution < -0.4 is 15.4 Å². The Morgan fingerprint density at radius 1 is 1.03 bits per heavy atom. The number of hydrogen-bond donors (Lipinski definition) is 1. The number of carboxylic acid groups (broad SMARTS) is 1. The first-order valence-corrected chi connectivity index (χ1v) is 9.44. The van der Waals surface area contributed by atoms with Crippen LogP contribution >= 0.6 is 0 Å². The molecule has 2 N–H and O–H groups in total. The van der Waals surface area contributed by atoms with Gasteiger partial charge in [-0.25, -0.2) is 4.98 Å². The van der Waals surface area contributed by atoms with Gasteiger partial charge in [0.2, 0.25) is 0 Å². The number of carboxylic acids is 1. The van der Waals surface area contributed by atoms with E-state index < -0.39 is 23.7 Å². The summed E-state index contributed by atoms with van der Waals surface area (Å²) in [6.07, 6.45) is 3.41. The summed E-state index contributed by atoms with van der Waals surface area (Å²) >= 11 is 0. The molecule has 0 fully saturated rings. The number of carbonyl (C=O) groups is 4. The number of anilines is 1. The fraction of sp³-hybridized carbons (Fsp3) is 0.0870. The molecule has 0 atom stereocenters. The lowest BCUT2D eigenvalue weighted by Crippen LogP contribution is -2.29. The zero-order valence-electron chi connectivity index (χ0n) is 16.5. The maximum absolute atomic E-state index is 12.8. The molecule has 3 aromatic rings. The van der Waals surface area contributed by atoms with Crippen molar-refractivity contribution in [2.24, 2.45) is 0 Å². The number of pyridine rings is 1. The third kappa shape index (κ3) is 3.78. The number of H-pyrrole nitrogens is 1. The lowest BCUT2D eigenvalue weighted by molar-refractivity contribution is -0.378. The molecule has 0 bridgehead atoms. The zero-order chi connectivity index (χ0) is 22.1. The number of nitrogens with zero attached hydrogens (tertiary/aromatic N) is 1. The number of fused-ring (bicyclic) bond motifs is 1. The number of rotatable bonds is 5. The van der Waals surface area contributed by atoms with Crippen LogP contribution in [-0.4, -0.2) is 28.6 Å². The topological polar surface area (TPSA) is 121 Å². The van der Waals surface area contributed by atoms with Crippen LogP contribution in [0.25, 0.3) is 0 Å². The number of aryl methyl sites for hydroxylation is 1. The first kappa shape index (κ1) is 20.0. The van der Waals surface area contributed by atoms with Crippen molar-refractivity contribution in [1.82, 2.24) is 4.90 Å². The van der Waals surface area contributed by atoms with Crippen molar-refractivity contribution in [3.8, 4) is 0 Å². The molecule has 4 rings (SSSR count). The van der Waals surface area contributed by atoms with E-state index in [1.54, 1.807) is 37.5 Å². The molecule has 0 saturated heterocycles. The third-order valence-electron chi connectivity index (χ3n) is 4.99. The van der Waals surface area contributed by atoms with Gasteiger partial charge in [-0.2, -0.15) is 0 Å². The van der Waals surface area contributed by atoms with Gasteiger partial charge in [-0.1, -0.05) is 11.6 Å². The second-order valence-electron chi connectivity index (χ2n) is 7.16. The van der Waals surface area contributed by atoms with Crippen LogP contribution in [0.3, 0.4) is 0 Å². The minimum Gasteiger partial charge on any atom is -0.545 e. The van der Waals surface area contributed by atoms with Gasteiger partial charge >= 0.3 is 0 Å². The fourth-order valence-corrected chi connectivity index (χ4v) is 3.42. The molecule has 0 saturated carbocycles. The van der Waals surface area contributed by atoms with Crippen LogP contribution in [-0.2, 0) is 6.54 Å². The van der Waals surface area contributed by atoms with Crippen molar-refractivity contribution < 1.29 is 29.3 Å². The van der Waals surface area contributed by atoms with Crippen LogP contribution in [0.15, 0.2) is 60.9 Å². The van der Waals surface area contributed by atoms with Gasteiger partial charge in [0.15, 0.2) is 12.4 Å². The Balaban J connectivity index is 1.59. The Morgan fingerprint density at radius 3 is 2.52 bits per heavy atom. The number of aromatic carboxylic acids is 1. The zero-order valence-corrected chi connectivity index (χ0v) is 16.5. The highest BCUT2D eigenvalue weighted by molar-refractivity contribution is 6.22. The summed E-state index contributed by atoms with van der Waals surface area (Å²) in [6, 6.07) is 12.3. The molecule has 2 heterocycles. The van der Waals surface area contributed by atoms with E-state index in [9.17, 15) is 24.3 Å². The van der Waals surface area contributed by atoms with Gasteiger partial charge in [0.25, 0.3) is 17.7 Å². The van der Waals surface area contributed by atoms with Crippen molar-refractivity contribution in [3.05, 3.63) is 94.3 Å². The van der Waals surface area contributed by atoms with Crippen molar-refractivity contribution in [3.63, 3.8) is 0 Å². The Labute approximate surface area is 177 Å². The minimum absolute atomic E-state index is 0.0838. The summed E-state index contributed by atoms with van der Waals surface area (Å²) < 4.78 is 0. The Morgan fingerprint density at radius 2 is 1.81 bits per heavy atom. The summed E-state index contributed by atoms with van der Waals surface area (Å²) in [5, 5.41) is 13.9. The summed E-state index contributed by atoms with van der Waals surface area (Å²) in [5.74, 6) is -2.95. The molecule has 31 heavy (non-hydrogen) atoms. The molecular weight excluding hydrogens is 398 g/mol. The van der Waals surface area contributed by atoms with Gasteiger partial charge in [0.1, 0.15) is 0 Å². The number of carbonyl (C=O) groups excluding carboxylic acids is 4. The molecular formula is C23H17N3O5. The molecule has 0 aliphatic carbocycles. The first-order chi connectivity index (χ1) is 14.8. The molecule has 1 aliphatic rings. The normalized spacial score (nSPS) is 12.6. The lowest BCUT2D eigenvalue weighted by atomic mass is 10.0. The molecule has 8 nitrogen and oxygen atoms in total. The molecule has 0 radical (unpaired) electrons. The molecule has 1 aromatic heterocycles. The molecule has 8 heteroatoms. The summed E-state index contributed by atoms with van der Waals surface area (Å²) in [7, 11) is 0. The standard InChI is InChI=1S/C23H17N3O5/c1-13-4-7-19(18(9-13)23(30)31)25-20(27)15-5-6-16-17(10-15)22(29)26(21(16)28)12-14-3-2-8-24-11-14/h2-11H,12H2,1H3,(H,25,27)(H,30,31). The van der Waals surface area contributed by atoms with Crippen LogP contribution in [0, 0.1) is 6.92 Å². The predicted molar refractivity (Wildman–Crippen MR) is 107 cm³/mol. The maximum atomic E-state index is 12.8. The smallest absolute Gasteiger partial charge is 0.261 e. The van der Waals surface area contributed by atoms with Crippen molar-refractivity contribution in [2.75, 3.05) is 5.32 Å². The number of aromatic amines is 1. The molecule has 154 valence electrons. The average molecular weight is 415 g/mol. The minimum atomic E-state index is -1.41. The lowest BCUT2D eigenvalue weighted by Gasteiger charge is -2.13. The summed E-state index contributed by atoms with van der Waals surface area (Å²) in [6.45, 7) is 1.82. The second-order valence-corrected chi connectivity index (χ2v) is 7.16. The van der Waals surface area contributed by atoms with E-state index in [0.717, 1.165) is 10.5 Å². The quantitative estimate of drug-likeness (QED) is 0.628. The number of imide groups is 1. The molecule has 3 amide bonds. The maximum Gasteiger partial charge on any atom is 0.261 e. The summed E-state index contributed by atoms with van der Waals surface area (Å²) in [4.78, 5) is 53.5. The second kappa shape index (κ2) is 7.83. The van der Waals surface area contributed by atoms with Gasteiger partial charge in [0, 0.05) is 22.8 Å². The van der Waals surface area contributed by atoms with Gasteiger partial charge in [-0.3, -0.25) is 19.3 Å². The SMILES string of the molecule is Cc1ccc(NC(=O)c2ccc3c(c2)C(=O)N(Cc2ccc[nH+]c2)C3=O)c(C(=O)[O-])c1. The Bertz CT molecular complexity index is 1240. The van der Waals surface area contributed by atoms with Gasteiger partial charge < -0.3 is 15.2 Å². The Hall–Kier alpha value is -4.33. The van der Waals surface area contributed by atoms with Crippen molar-refractivity contribution >= 4 is 29.4 Å². The van der Waals surface area contributed by atoms with E-state index in [1.807, 2.05) is 0 Å². The van der Waals surface area contributed by atoms with Gasteiger partial charge in [-0.15, -0.1) is 0 Å². The van der Waals surface area contributed by atoms with E-state index >= 15 is 0 Å². The third-order valence-corrected chi connectivity index (χ3v) is 4.99. The highest BCUT2D eigenvalue weighted by Gasteiger charge is 2.36. The van der Waals surface area contributed by atoms with E-state index in [1.165, 1.54) is 30.3 Å². The highest BCUT2D eigenvalue weighted by Crippen LogP contribution is 2.26. The van der Waals surface area contributed by atoms with Crippen LogP contribution in [0.1, 0.15) is 52.6 Å².